The average molecular weight is 564 g/mol. The highest BCUT2D eigenvalue weighted by atomic mass is 16.7. The minimum atomic E-state index is -1.56. The van der Waals surface area contributed by atoms with Gasteiger partial charge in [0.25, 0.3) is 11.5 Å². The van der Waals surface area contributed by atoms with Gasteiger partial charge in [0.15, 0.2) is 5.69 Å². The van der Waals surface area contributed by atoms with Crippen LogP contribution in [-0.2, 0) is 14.4 Å². The summed E-state index contributed by atoms with van der Waals surface area (Å²) in [7, 11) is 0. The van der Waals surface area contributed by atoms with Gasteiger partial charge < -0.3 is 20.2 Å². The maximum absolute atomic E-state index is 14.1. The standard InChI is InChI=1S/C31H41N5O5/c1-31(2,30(32)40)41-34-27(29(38)39)26-28(37)36(25-12-4-3-11-24(25)33-26)23-16-20-9-6-10-21(17-23)35(20)22-14-18-7-5-8-19(13-18)15-22/h3-4,11-12,18-23H,5-10,13-17H2,1-2H3,(H2,32,40)(H,38,39). The third-order valence-electron chi connectivity index (χ3n) is 10.1. The van der Waals surface area contributed by atoms with Gasteiger partial charge in [0, 0.05) is 24.2 Å². The molecular formula is C31H41N5O5. The Morgan fingerprint density at radius 2 is 1.59 bits per heavy atom. The fourth-order valence-corrected chi connectivity index (χ4v) is 8.19. The van der Waals surface area contributed by atoms with Crippen LogP contribution in [0.3, 0.4) is 0 Å². The first-order valence-corrected chi connectivity index (χ1v) is 15.2. The number of oxime groups is 1. The van der Waals surface area contributed by atoms with Gasteiger partial charge in [0.05, 0.1) is 11.0 Å². The highest BCUT2D eigenvalue weighted by molar-refractivity contribution is 6.41. The first-order chi connectivity index (χ1) is 19.6. The van der Waals surface area contributed by atoms with E-state index in [9.17, 15) is 19.5 Å². The highest BCUT2D eigenvalue weighted by Crippen LogP contribution is 2.47. The summed E-state index contributed by atoms with van der Waals surface area (Å²) in [6.07, 6.45) is 13.3. The van der Waals surface area contributed by atoms with E-state index < -0.39 is 28.7 Å². The van der Waals surface area contributed by atoms with Crippen molar-refractivity contribution in [2.75, 3.05) is 0 Å². The molecule has 1 aromatic carbocycles. The number of carboxylic acids is 1. The summed E-state index contributed by atoms with van der Waals surface area (Å²) >= 11 is 0. The molecule has 1 amide bonds. The molecule has 2 aliphatic heterocycles. The Bertz CT molecular complexity index is 1410. The number of rotatable bonds is 7. The van der Waals surface area contributed by atoms with E-state index in [4.69, 9.17) is 10.6 Å². The number of carboxylic acid groups (broad SMARTS) is 1. The van der Waals surface area contributed by atoms with Gasteiger partial charge in [-0.3, -0.25) is 14.5 Å². The van der Waals surface area contributed by atoms with Gasteiger partial charge in [0.2, 0.25) is 11.3 Å². The minimum Gasteiger partial charge on any atom is -0.476 e. The maximum Gasteiger partial charge on any atom is 0.360 e. The Morgan fingerprint density at radius 3 is 2.22 bits per heavy atom. The van der Waals surface area contributed by atoms with Gasteiger partial charge in [-0.1, -0.05) is 43.0 Å². The lowest BCUT2D eigenvalue weighted by Gasteiger charge is -2.55. The van der Waals surface area contributed by atoms with Crippen LogP contribution >= 0.6 is 0 Å². The van der Waals surface area contributed by atoms with Gasteiger partial charge in [-0.2, -0.15) is 0 Å². The largest absolute Gasteiger partial charge is 0.476 e. The zero-order valence-corrected chi connectivity index (χ0v) is 24.0. The molecule has 0 radical (unpaired) electrons. The van der Waals surface area contributed by atoms with Crippen molar-refractivity contribution in [2.45, 2.75) is 114 Å². The van der Waals surface area contributed by atoms with E-state index in [2.05, 4.69) is 15.0 Å². The van der Waals surface area contributed by atoms with Crippen LogP contribution in [0.2, 0.25) is 0 Å². The number of nitrogens with zero attached hydrogens (tertiary/aromatic N) is 4. The fraction of sp³-hybridized carbons (Fsp3) is 0.645. The van der Waals surface area contributed by atoms with E-state index in [-0.39, 0.29) is 11.7 Å². The number of piperidine rings is 2. The van der Waals surface area contributed by atoms with Crippen LogP contribution in [0.25, 0.3) is 11.0 Å². The van der Waals surface area contributed by atoms with Crippen molar-refractivity contribution in [3.05, 3.63) is 40.3 Å². The van der Waals surface area contributed by atoms with E-state index in [0.717, 1.165) is 37.5 Å². The van der Waals surface area contributed by atoms with Crippen molar-refractivity contribution in [3.63, 3.8) is 0 Å². The second-order valence-electron chi connectivity index (χ2n) is 13.2. The molecule has 2 saturated carbocycles. The van der Waals surface area contributed by atoms with Crippen molar-refractivity contribution in [1.29, 1.82) is 0 Å². The fourth-order valence-electron chi connectivity index (χ4n) is 8.19. The molecule has 10 nitrogen and oxygen atoms in total. The van der Waals surface area contributed by atoms with Crippen molar-refractivity contribution < 1.29 is 19.5 Å². The molecule has 2 saturated heterocycles. The molecule has 0 spiro atoms. The Kier molecular flexibility index (Phi) is 7.38. The van der Waals surface area contributed by atoms with E-state index >= 15 is 0 Å². The smallest absolute Gasteiger partial charge is 0.360 e. The minimum absolute atomic E-state index is 0.0817. The summed E-state index contributed by atoms with van der Waals surface area (Å²) < 4.78 is 1.76. The predicted octanol–water partition coefficient (Wildman–Crippen LogP) is 3.99. The Hall–Kier alpha value is -3.27. The molecule has 6 rings (SSSR count). The van der Waals surface area contributed by atoms with Crippen LogP contribution in [0.4, 0.5) is 0 Å². The molecule has 4 fully saturated rings. The Labute approximate surface area is 239 Å². The topological polar surface area (TPSA) is 140 Å². The Balaban J connectivity index is 1.37. The molecule has 10 heteroatoms. The van der Waals surface area contributed by atoms with Gasteiger partial charge in [-0.15, -0.1) is 0 Å². The van der Waals surface area contributed by atoms with Gasteiger partial charge >= 0.3 is 5.97 Å². The normalized spacial score (nSPS) is 30.6. The molecule has 4 aliphatic rings. The molecule has 220 valence electrons. The zero-order chi connectivity index (χ0) is 28.9. The molecule has 4 unspecified atom stereocenters. The van der Waals surface area contributed by atoms with Crippen LogP contribution in [-0.4, -0.2) is 60.9 Å². The number of nitrogens with two attached hydrogens (primary N) is 1. The van der Waals surface area contributed by atoms with E-state index in [1.54, 1.807) is 10.6 Å². The summed E-state index contributed by atoms with van der Waals surface area (Å²) in [5.41, 5.74) is 3.56. The quantitative estimate of drug-likeness (QED) is 0.383. The molecule has 4 bridgehead atoms. The number of benzene rings is 1. The SMILES string of the molecule is CC(C)(ON=C(C(=O)O)c1nc2ccccc2n(C2CC3CCCC(C2)N3C2CC3CCCC(C3)C2)c1=O)C(N)=O. The van der Waals surface area contributed by atoms with Crippen LogP contribution in [0.5, 0.6) is 0 Å². The molecule has 4 atom stereocenters. The van der Waals surface area contributed by atoms with Crippen molar-refractivity contribution in [3.8, 4) is 0 Å². The summed E-state index contributed by atoms with van der Waals surface area (Å²) in [5.74, 6) is -0.562. The third kappa shape index (κ3) is 5.27. The zero-order valence-electron chi connectivity index (χ0n) is 24.0. The first kappa shape index (κ1) is 27.9. The van der Waals surface area contributed by atoms with Crippen LogP contribution in [0.15, 0.2) is 34.2 Å². The lowest BCUT2D eigenvalue weighted by atomic mass is 9.68. The second kappa shape index (κ2) is 10.9. The van der Waals surface area contributed by atoms with Crippen molar-refractivity contribution >= 4 is 28.6 Å². The lowest BCUT2D eigenvalue weighted by molar-refractivity contribution is -0.140. The molecular weight excluding hydrogens is 522 g/mol. The lowest BCUT2D eigenvalue weighted by Crippen LogP contribution is -2.58. The number of carbonyl (C=O) groups is 2. The summed E-state index contributed by atoms with van der Waals surface area (Å²) in [4.78, 5) is 50.7. The summed E-state index contributed by atoms with van der Waals surface area (Å²) in [6, 6.07) is 8.71. The van der Waals surface area contributed by atoms with Gasteiger partial charge in [0.1, 0.15) is 0 Å². The van der Waals surface area contributed by atoms with E-state index in [1.807, 2.05) is 18.2 Å². The predicted molar refractivity (Wildman–Crippen MR) is 155 cm³/mol. The number of primary amides is 1. The van der Waals surface area contributed by atoms with Gasteiger partial charge in [-0.05, 0) is 82.8 Å². The molecule has 3 N–H and O–H groups in total. The number of fused-ring (bicyclic) bond motifs is 5. The van der Waals surface area contributed by atoms with Crippen molar-refractivity contribution in [1.82, 2.24) is 14.5 Å². The molecule has 2 aromatic rings. The number of aliphatic carboxylic acids is 1. The maximum atomic E-state index is 14.1. The van der Waals surface area contributed by atoms with Crippen LogP contribution < -0.4 is 11.3 Å². The number of carbonyl (C=O) groups excluding carboxylic acids is 1. The molecule has 2 aliphatic carbocycles. The monoisotopic (exact) mass is 563 g/mol. The number of para-hydroxylation sites is 2. The first-order valence-electron chi connectivity index (χ1n) is 15.2. The summed E-state index contributed by atoms with van der Waals surface area (Å²) in [6.45, 7) is 2.77. The Morgan fingerprint density at radius 1 is 0.951 bits per heavy atom. The third-order valence-corrected chi connectivity index (χ3v) is 10.1. The molecule has 3 heterocycles. The van der Waals surface area contributed by atoms with Crippen LogP contribution in [0, 0.1) is 11.8 Å². The molecule has 1 aromatic heterocycles. The number of aromatic nitrogens is 2. The number of amides is 1. The van der Waals surface area contributed by atoms with E-state index in [1.165, 1.54) is 58.8 Å². The van der Waals surface area contributed by atoms with Crippen LogP contribution in [0.1, 0.15) is 96.2 Å². The highest BCUT2D eigenvalue weighted by Gasteiger charge is 2.45. The van der Waals surface area contributed by atoms with Gasteiger partial charge in [-0.25, -0.2) is 9.78 Å². The number of hydrogen-bond donors (Lipinski definition) is 2. The summed E-state index contributed by atoms with van der Waals surface area (Å²) in [5, 5.41) is 13.7. The number of hydrogen-bond acceptors (Lipinski definition) is 7. The average Bonchev–Trinajstić information content (AvgIpc) is 2.92. The second-order valence-corrected chi connectivity index (χ2v) is 13.2. The molecule has 41 heavy (non-hydrogen) atoms. The van der Waals surface area contributed by atoms with E-state index in [0.29, 0.717) is 29.2 Å². The van der Waals surface area contributed by atoms with Crippen molar-refractivity contribution in [2.24, 2.45) is 22.7 Å².